The second-order valence-electron chi connectivity index (χ2n) is 4.64. The number of aromatic nitrogens is 1. The van der Waals surface area contributed by atoms with Crippen LogP contribution in [0.25, 0.3) is 22.2 Å². The van der Waals surface area contributed by atoms with Gasteiger partial charge in [-0.2, -0.15) is 0 Å². The first kappa shape index (κ1) is 11.8. The number of hydrogen-bond acceptors (Lipinski definition) is 1. The minimum absolute atomic E-state index is 0.0541. The highest BCUT2D eigenvalue weighted by Crippen LogP contribution is 2.34. The van der Waals surface area contributed by atoms with Crippen LogP contribution in [-0.4, -0.2) is 17.9 Å². The first-order chi connectivity index (χ1) is 9.06. The summed E-state index contributed by atoms with van der Waals surface area (Å²) in [7, 11) is 5.66. The Labute approximate surface area is 111 Å². The lowest BCUT2D eigenvalue weighted by Crippen LogP contribution is -1.99. The van der Waals surface area contributed by atoms with Crippen molar-refractivity contribution in [2.24, 2.45) is 0 Å². The molecular formula is C15H11BFNO. The summed E-state index contributed by atoms with van der Waals surface area (Å²) in [6.07, 6.45) is 0. The number of phenols is 1. The zero-order valence-corrected chi connectivity index (χ0v) is 10.4. The molecule has 0 aliphatic rings. The molecule has 2 N–H and O–H groups in total. The third-order valence-corrected chi connectivity index (χ3v) is 3.18. The third-order valence-electron chi connectivity index (χ3n) is 3.18. The van der Waals surface area contributed by atoms with Gasteiger partial charge in [-0.3, -0.25) is 0 Å². The molecule has 0 atom stereocenters. The van der Waals surface area contributed by atoms with Gasteiger partial charge in [0.2, 0.25) is 0 Å². The highest BCUT2D eigenvalue weighted by atomic mass is 19.1. The maximum absolute atomic E-state index is 14.4. The third kappa shape index (κ3) is 1.89. The Morgan fingerprint density at radius 3 is 2.68 bits per heavy atom. The highest BCUT2D eigenvalue weighted by molar-refractivity contribution is 6.33. The number of benzene rings is 2. The molecule has 0 saturated carbocycles. The van der Waals surface area contributed by atoms with Gasteiger partial charge < -0.3 is 10.1 Å². The maximum atomic E-state index is 14.4. The largest absolute Gasteiger partial charge is 0.507 e. The fourth-order valence-electron chi connectivity index (χ4n) is 2.22. The predicted octanol–water partition coefficient (Wildman–Crippen LogP) is 2.78. The van der Waals surface area contributed by atoms with E-state index in [9.17, 15) is 9.50 Å². The van der Waals surface area contributed by atoms with Crippen LogP contribution in [0.15, 0.2) is 36.4 Å². The highest BCUT2D eigenvalue weighted by Gasteiger charge is 2.15. The zero-order chi connectivity index (χ0) is 13.6. The summed E-state index contributed by atoms with van der Waals surface area (Å²) in [5.41, 5.74) is 2.80. The average molecular weight is 251 g/mol. The molecular weight excluding hydrogens is 240 g/mol. The van der Waals surface area contributed by atoms with Crippen molar-refractivity contribution in [2.75, 3.05) is 0 Å². The summed E-state index contributed by atoms with van der Waals surface area (Å²) in [5.74, 6) is -0.347. The van der Waals surface area contributed by atoms with Gasteiger partial charge in [0, 0.05) is 16.5 Å². The van der Waals surface area contributed by atoms with Gasteiger partial charge in [-0.15, -0.1) is 0 Å². The van der Waals surface area contributed by atoms with Gasteiger partial charge in [0.15, 0.2) is 5.82 Å². The van der Waals surface area contributed by atoms with Crippen LogP contribution in [0.4, 0.5) is 4.39 Å². The van der Waals surface area contributed by atoms with E-state index in [1.165, 1.54) is 0 Å². The van der Waals surface area contributed by atoms with Crippen molar-refractivity contribution in [2.45, 2.75) is 6.92 Å². The number of H-pyrrole nitrogens is 1. The molecule has 2 nitrogen and oxygen atoms in total. The molecule has 3 rings (SSSR count). The van der Waals surface area contributed by atoms with Crippen LogP contribution in [0.5, 0.6) is 5.75 Å². The van der Waals surface area contributed by atoms with Crippen LogP contribution < -0.4 is 5.46 Å². The fraction of sp³-hybridized carbons (Fsp3) is 0.0667. The smallest absolute Gasteiger partial charge is 0.156 e. The Kier molecular flexibility index (Phi) is 2.59. The standard InChI is InChI=1S/C15H11BFNO/c1-8-2-4-10(13(19)6-8)15-14(17)11-7-9(16)3-5-12(11)18-15/h2-7,18-19H,1H3. The SMILES string of the molecule is [B]c1ccc2[nH]c(-c3ccc(C)cc3O)c(F)c2c1. The Morgan fingerprint density at radius 1 is 1.16 bits per heavy atom. The topological polar surface area (TPSA) is 36.0 Å². The van der Waals surface area contributed by atoms with E-state index in [2.05, 4.69) is 4.98 Å². The molecule has 0 unspecified atom stereocenters. The van der Waals surface area contributed by atoms with E-state index in [-0.39, 0.29) is 11.4 Å². The number of phenolic OH excluding ortho intramolecular Hbond substituents is 1. The molecule has 0 saturated heterocycles. The molecule has 92 valence electrons. The minimum atomic E-state index is -0.401. The molecule has 2 radical (unpaired) electrons. The van der Waals surface area contributed by atoms with Crippen LogP contribution in [0, 0.1) is 12.7 Å². The zero-order valence-electron chi connectivity index (χ0n) is 10.4. The van der Waals surface area contributed by atoms with E-state index in [4.69, 9.17) is 7.85 Å². The van der Waals surface area contributed by atoms with Crippen molar-refractivity contribution in [3.63, 3.8) is 0 Å². The van der Waals surface area contributed by atoms with E-state index in [0.29, 0.717) is 21.9 Å². The van der Waals surface area contributed by atoms with Crippen molar-refractivity contribution in [3.8, 4) is 17.0 Å². The lowest BCUT2D eigenvalue weighted by molar-refractivity contribution is 0.476. The van der Waals surface area contributed by atoms with Crippen LogP contribution in [0.1, 0.15) is 5.56 Å². The molecule has 0 aliphatic carbocycles. The van der Waals surface area contributed by atoms with Gasteiger partial charge in [-0.25, -0.2) is 4.39 Å². The Hall–Kier alpha value is -2.23. The quantitative estimate of drug-likeness (QED) is 0.641. The van der Waals surface area contributed by atoms with E-state index < -0.39 is 5.82 Å². The van der Waals surface area contributed by atoms with Crippen molar-refractivity contribution >= 4 is 24.2 Å². The van der Waals surface area contributed by atoms with E-state index in [0.717, 1.165) is 5.56 Å². The van der Waals surface area contributed by atoms with Crippen molar-refractivity contribution in [3.05, 3.63) is 47.8 Å². The van der Waals surface area contributed by atoms with E-state index in [1.54, 1.807) is 30.3 Å². The van der Waals surface area contributed by atoms with Gasteiger partial charge in [0.25, 0.3) is 0 Å². The maximum Gasteiger partial charge on any atom is 0.156 e. The molecule has 2 aromatic carbocycles. The van der Waals surface area contributed by atoms with Gasteiger partial charge in [0.1, 0.15) is 13.6 Å². The average Bonchev–Trinajstić information content (AvgIpc) is 2.67. The molecule has 0 bridgehead atoms. The van der Waals surface area contributed by atoms with E-state index in [1.807, 2.05) is 13.0 Å². The lowest BCUT2D eigenvalue weighted by atomic mass is 9.95. The molecule has 3 aromatic rings. The predicted molar refractivity (Wildman–Crippen MR) is 75.5 cm³/mol. The molecule has 1 heterocycles. The first-order valence-electron chi connectivity index (χ1n) is 5.93. The number of aryl methyl sites for hydroxylation is 1. The van der Waals surface area contributed by atoms with Gasteiger partial charge >= 0.3 is 0 Å². The Balaban J connectivity index is 2.28. The van der Waals surface area contributed by atoms with Crippen LogP contribution >= 0.6 is 0 Å². The monoisotopic (exact) mass is 251 g/mol. The van der Waals surface area contributed by atoms with Gasteiger partial charge in [-0.05, 0) is 30.7 Å². The number of hydrogen-bond donors (Lipinski definition) is 2. The Bertz CT molecular complexity index is 779. The number of aromatic hydroxyl groups is 1. The van der Waals surface area contributed by atoms with Gasteiger partial charge in [-0.1, -0.05) is 23.7 Å². The number of halogens is 1. The summed E-state index contributed by atoms with van der Waals surface area (Å²) in [6, 6.07) is 10.1. The first-order valence-corrected chi connectivity index (χ1v) is 5.93. The molecule has 19 heavy (non-hydrogen) atoms. The molecule has 0 amide bonds. The van der Waals surface area contributed by atoms with Gasteiger partial charge in [0.05, 0.1) is 5.69 Å². The van der Waals surface area contributed by atoms with Crippen LogP contribution in [0.2, 0.25) is 0 Å². The van der Waals surface area contributed by atoms with Crippen LogP contribution in [-0.2, 0) is 0 Å². The molecule has 0 aliphatic heterocycles. The van der Waals surface area contributed by atoms with Crippen molar-refractivity contribution in [1.29, 1.82) is 0 Å². The number of nitrogens with one attached hydrogen (secondary N) is 1. The number of aromatic amines is 1. The summed E-state index contributed by atoms with van der Waals surface area (Å²) < 4.78 is 14.4. The summed E-state index contributed by atoms with van der Waals surface area (Å²) in [5, 5.41) is 10.4. The lowest BCUT2D eigenvalue weighted by Gasteiger charge is -2.03. The fourth-order valence-corrected chi connectivity index (χ4v) is 2.22. The molecule has 4 heteroatoms. The molecule has 1 aromatic heterocycles. The van der Waals surface area contributed by atoms with E-state index >= 15 is 0 Å². The summed E-state index contributed by atoms with van der Waals surface area (Å²) in [6.45, 7) is 1.87. The number of rotatable bonds is 1. The molecule has 0 fully saturated rings. The van der Waals surface area contributed by atoms with Crippen molar-refractivity contribution < 1.29 is 9.50 Å². The molecule has 0 spiro atoms. The van der Waals surface area contributed by atoms with Crippen LogP contribution in [0.3, 0.4) is 0 Å². The van der Waals surface area contributed by atoms with Crippen molar-refractivity contribution in [1.82, 2.24) is 4.98 Å². The summed E-state index contributed by atoms with van der Waals surface area (Å²) in [4.78, 5) is 2.98. The second kappa shape index (κ2) is 4.16. The minimum Gasteiger partial charge on any atom is -0.507 e. The number of fused-ring (bicyclic) bond motifs is 1. The normalized spacial score (nSPS) is 11.1. The second-order valence-corrected chi connectivity index (χ2v) is 4.64. The summed E-state index contributed by atoms with van der Waals surface area (Å²) >= 11 is 0. The Morgan fingerprint density at radius 2 is 1.95 bits per heavy atom.